The van der Waals surface area contributed by atoms with Gasteiger partial charge < -0.3 is 5.32 Å². The van der Waals surface area contributed by atoms with E-state index in [9.17, 15) is 4.79 Å². The molecule has 0 saturated heterocycles. The summed E-state index contributed by atoms with van der Waals surface area (Å²) in [7, 11) is 0. The highest BCUT2D eigenvalue weighted by atomic mass is 16.1. The number of hydrogen-bond donors (Lipinski definition) is 1. The first-order chi connectivity index (χ1) is 10.3. The maximum Gasteiger partial charge on any atom is 0.255 e. The molecule has 0 fully saturated rings. The third kappa shape index (κ3) is 2.67. The van der Waals surface area contributed by atoms with Crippen molar-refractivity contribution < 1.29 is 4.79 Å². The molecule has 0 bridgehead atoms. The Bertz CT molecular complexity index is 759. The number of para-hydroxylation sites is 2. The molecular weight excluding hydrogens is 260 g/mol. The number of carbonyl (C=O) groups excluding carboxylic acids is 1. The minimum atomic E-state index is -0.0915. The van der Waals surface area contributed by atoms with E-state index in [4.69, 9.17) is 0 Å². The van der Waals surface area contributed by atoms with E-state index in [1.165, 1.54) is 5.39 Å². The molecule has 3 aromatic rings. The molecule has 1 N–H and O–H groups in total. The number of carbonyl (C=O) groups is 1. The van der Waals surface area contributed by atoms with Gasteiger partial charge in [0, 0.05) is 28.4 Å². The lowest BCUT2D eigenvalue weighted by Gasteiger charge is -1.93. The van der Waals surface area contributed by atoms with Gasteiger partial charge in [0.05, 0.1) is 5.52 Å². The van der Waals surface area contributed by atoms with E-state index in [0.717, 1.165) is 16.8 Å². The molecule has 1 aliphatic heterocycles. The molecule has 102 valence electrons. The summed E-state index contributed by atoms with van der Waals surface area (Å²) in [5, 5.41) is 3.91. The van der Waals surface area contributed by atoms with Crippen molar-refractivity contribution in [1.29, 1.82) is 0 Å². The van der Waals surface area contributed by atoms with Crippen LogP contribution in [0.4, 0.5) is 5.69 Å². The Kier molecular flexibility index (Phi) is 3.48. The summed E-state index contributed by atoms with van der Waals surface area (Å²) in [4.78, 5) is 15.2. The van der Waals surface area contributed by atoms with Gasteiger partial charge in [-0.1, -0.05) is 49.0 Å². The van der Waals surface area contributed by atoms with Crippen LogP contribution in [-0.4, -0.2) is 10.9 Å². The number of pyridine rings is 1. The Hall–Kier alpha value is -2.94. The zero-order valence-corrected chi connectivity index (χ0v) is 11.4. The van der Waals surface area contributed by atoms with Gasteiger partial charge in [0.25, 0.3) is 5.91 Å². The number of aromatic nitrogens is 1. The van der Waals surface area contributed by atoms with E-state index in [1.54, 1.807) is 0 Å². The van der Waals surface area contributed by atoms with E-state index in [2.05, 4.69) is 29.0 Å². The number of fused-ring (bicyclic) bond motifs is 2. The SMILES string of the molecule is C=C1C(=O)Nc2ccccc21.c1ccc2ncccc2c1. The van der Waals surface area contributed by atoms with Crippen molar-refractivity contribution in [1.82, 2.24) is 4.98 Å². The quantitative estimate of drug-likeness (QED) is 0.632. The lowest BCUT2D eigenvalue weighted by Crippen LogP contribution is -2.02. The molecule has 2 aromatic carbocycles. The van der Waals surface area contributed by atoms with E-state index in [-0.39, 0.29) is 5.91 Å². The predicted octanol–water partition coefficient (Wildman–Crippen LogP) is 3.89. The molecule has 0 saturated carbocycles. The molecule has 1 aliphatic rings. The topological polar surface area (TPSA) is 42.0 Å². The fourth-order valence-electron chi connectivity index (χ4n) is 2.19. The third-order valence-electron chi connectivity index (χ3n) is 3.29. The monoisotopic (exact) mass is 274 g/mol. The van der Waals surface area contributed by atoms with Crippen molar-refractivity contribution in [3.8, 4) is 0 Å². The van der Waals surface area contributed by atoms with Crippen LogP contribution in [0, 0.1) is 0 Å². The number of amides is 1. The summed E-state index contributed by atoms with van der Waals surface area (Å²) in [5.41, 5.74) is 3.39. The highest BCUT2D eigenvalue weighted by molar-refractivity contribution is 6.30. The van der Waals surface area contributed by atoms with Crippen molar-refractivity contribution in [2.24, 2.45) is 0 Å². The van der Waals surface area contributed by atoms with Crippen molar-refractivity contribution in [3.63, 3.8) is 0 Å². The largest absolute Gasteiger partial charge is 0.321 e. The number of anilines is 1. The molecule has 1 aromatic heterocycles. The number of hydrogen-bond acceptors (Lipinski definition) is 2. The Balaban J connectivity index is 0.000000126. The van der Waals surface area contributed by atoms with Gasteiger partial charge in [-0.15, -0.1) is 0 Å². The first-order valence-corrected chi connectivity index (χ1v) is 6.65. The number of rotatable bonds is 0. The van der Waals surface area contributed by atoms with E-state index in [0.29, 0.717) is 5.57 Å². The number of benzene rings is 2. The van der Waals surface area contributed by atoms with Gasteiger partial charge in [-0.05, 0) is 18.2 Å². The maximum absolute atomic E-state index is 11.0. The molecule has 2 heterocycles. The zero-order chi connectivity index (χ0) is 14.7. The summed E-state index contributed by atoms with van der Waals surface area (Å²) >= 11 is 0. The van der Waals surface area contributed by atoms with Crippen LogP contribution in [0.15, 0.2) is 73.4 Å². The molecule has 21 heavy (non-hydrogen) atoms. The second-order valence-electron chi connectivity index (χ2n) is 4.67. The Morgan fingerprint density at radius 3 is 2.43 bits per heavy atom. The molecule has 0 spiro atoms. The van der Waals surface area contributed by atoms with E-state index >= 15 is 0 Å². The predicted molar refractivity (Wildman–Crippen MR) is 85.8 cm³/mol. The normalized spacial score (nSPS) is 12.4. The average molecular weight is 274 g/mol. The Morgan fingerprint density at radius 2 is 1.62 bits per heavy atom. The number of nitrogens with zero attached hydrogens (tertiary/aromatic N) is 1. The highest BCUT2D eigenvalue weighted by Gasteiger charge is 2.20. The molecule has 0 atom stereocenters. The van der Waals surface area contributed by atoms with Gasteiger partial charge in [0.2, 0.25) is 0 Å². The fraction of sp³-hybridized carbons (Fsp3) is 0. The van der Waals surface area contributed by atoms with Crippen LogP contribution in [0.25, 0.3) is 16.5 Å². The number of nitrogens with one attached hydrogen (secondary N) is 1. The molecule has 1 amide bonds. The molecule has 4 rings (SSSR count). The first kappa shape index (κ1) is 13.1. The third-order valence-corrected chi connectivity index (χ3v) is 3.29. The van der Waals surface area contributed by atoms with Crippen LogP contribution in [0.2, 0.25) is 0 Å². The van der Waals surface area contributed by atoms with Gasteiger partial charge in [-0.25, -0.2) is 0 Å². The smallest absolute Gasteiger partial charge is 0.255 e. The molecular formula is C18H14N2O. The zero-order valence-electron chi connectivity index (χ0n) is 11.4. The molecule has 0 aliphatic carbocycles. The van der Waals surface area contributed by atoms with Crippen LogP contribution in [0.1, 0.15) is 5.56 Å². The van der Waals surface area contributed by atoms with Crippen LogP contribution in [0.5, 0.6) is 0 Å². The Morgan fingerprint density at radius 1 is 0.905 bits per heavy atom. The van der Waals surface area contributed by atoms with E-state index in [1.807, 2.05) is 54.7 Å². The first-order valence-electron chi connectivity index (χ1n) is 6.65. The van der Waals surface area contributed by atoms with Gasteiger partial charge >= 0.3 is 0 Å². The summed E-state index contributed by atoms with van der Waals surface area (Å²) < 4.78 is 0. The molecule has 0 radical (unpaired) electrons. The van der Waals surface area contributed by atoms with Gasteiger partial charge in [-0.3, -0.25) is 9.78 Å². The second kappa shape index (κ2) is 5.59. The average Bonchev–Trinajstić information content (AvgIpc) is 2.83. The van der Waals surface area contributed by atoms with Crippen LogP contribution in [0.3, 0.4) is 0 Å². The highest BCUT2D eigenvalue weighted by Crippen LogP contribution is 2.29. The fourth-order valence-corrected chi connectivity index (χ4v) is 2.19. The standard InChI is InChI=1S/C9H7NO.C9H7N/c1-6-7-4-2-3-5-8(7)10-9(6)11;1-2-6-9-8(4-1)5-3-7-10-9/h2-5H,1H2,(H,10,11);1-7H. The lowest BCUT2D eigenvalue weighted by molar-refractivity contribution is -0.110. The summed E-state index contributed by atoms with van der Waals surface area (Å²) in [6, 6.07) is 19.6. The second-order valence-corrected chi connectivity index (χ2v) is 4.67. The van der Waals surface area contributed by atoms with Crippen molar-refractivity contribution in [2.45, 2.75) is 0 Å². The van der Waals surface area contributed by atoms with E-state index < -0.39 is 0 Å². The molecule has 0 unspecified atom stereocenters. The summed E-state index contributed by atoms with van der Waals surface area (Å²) in [5.74, 6) is -0.0915. The van der Waals surface area contributed by atoms with Crippen molar-refractivity contribution in [2.75, 3.05) is 5.32 Å². The minimum Gasteiger partial charge on any atom is -0.321 e. The van der Waals surface area contributed by atoms with Crippen LogP contribution >= 0.6 is 0 Å². The summed E-state index contributed by atoms with van der Waals surface area (Å²) in [6.07, 6.45) is 1.81. The van der Waals surface area contributed by atoms with Crippen molar-refractivity contribution >= 4 is 28.1 Å². The minimum absolute atomic E-state index is 0.0915. The van der Waals surface area contributed by atoms with Crippen LogP contribution in [-0.2, 0) is 4.79 Å². The van der Waals surface area contributed by atoms with Gasteiger partial charge in [0.15, 0.2) is 0 Å². The lowest BCUT2D eigenvalue weighted by atomic mass is 10.1. The van der Waals surface area contributed by atoms with Gasteiger partial charge in [-0.2, -0.15) is 0 Å². The van der Waals surface area contributed by atoms with Crippen molar-refractivity contribution in [3.05, 3.63) is 79.0 Å². The molecule has 3 nitrogen and oxygen atoms in total. The molecule has 3 heteroatoms. The summed E-state index contributed by atoms with van der Waals surface area (Å²) in [6.45, 7) is 3.66. The van der Waals surface area contributed by atoms with Crippen LogP contribution < -0.4 is 5.32 Å². The van der Waals surface area contributed by atoms with Gasteiger partial charge in [0.1, 0.15) is 0 Å². The maximum atomic E-state index is 11.0. The Labute approximate surface area is 123 Å².